The normalized spacial score (nSPS) is 17.0. The Labute approximate surface area is 153 Å². The van der Waals surface area contributed by atoms with Crippen LogP contribution in [-0.2, 0) is 0 Å². The van der Waals surface area contributed by atoms with E-state index in [1.807, 2.05) is 0 Å². The summed E-state index contributed by atoms with van der Waals surface area (Å²) in [6.07, 6.45) is -7.56. The van der Waals surface area contributed by atoms with E-state index in [4.69, 9.17) is 11.6 Å². The lowest BCUT2D eigenvalue weighted by Crippen LogP contribution is -2.46. The van der Waals surface area contributed by atoms with Gasteiger partial charge in [0.05, 0.1) is 11.1 Å². The fraction of sp³-hybridized carbons (Fsp3) is 0.538. The molecule has 0 saturated carbocycles. The van der Waals surface area contributed by atoms with Crippen molar-refractivity contribution in [1.29, 1.82) is 0 Å². The van der Waals surface area contributed by atoms with E-state index in [0.29, 0.717) is 26.2 Å². The molecule has 24 heavy (non-hydrogen) atoms. The van der Waals surface area contributed by atoms with Crippen LogP contribution in [0.2, 0.25) is 5.02 Å². The number of halogens is 8. The Balaban J connectivity index is 0.00000264. The van der Waals surface area contributed by atoms with E-state index < -0.39 is 24.6 Å². The van der Waals surface area contributed by atoms with Crippen molar-refractivity contribution in [2.45, 2.75) is 18.8 Å². The first-order chi connectivity index (χ1) is 10.3. The highest BCUT2D eigenvalue weighted by Crippen LogP contribution is 2.35. The molecule has 0 bridgehead atoms. The van der Waals surface area contributed by atoms with E-state index in [9.17, 15) is 22.0 Å². The van der Waals surface area contributed by atoms with Crippen LogP contribution in [0.15, 0.2) is 18.2 Å². The molecule has 0 unspecified atom stereocenters. The van der Waals surface area contributed by atoms with Gasteiger partial charge in [0.15, 0.2) is 0 Å². The van der Waals surface area contributed by atoms with Gasteiger partial charge in [-0.25, -0.2) is 8.78 Å². The van der Waals surface area contributed by atoms with E-state index in [1.165, 1.54) is 6.07 Å². The zero-order valence-corrected chi connectivity index (χ0v) is 14.5. The van der Waals surface area contributed by atoms with Crippen LogP contribution in [0.1, 0.15) is 11.6 Å². The second kappa shape index (κ2) is 9.82. The van der Waals surface area contributed by atoms with E-state index in [-0.39, 0.29) is 35.4 Å². The fourth-order valence-electron chi connectivity index (χ4n) is 2.38. The number of hydrogen-bond acceptors (Lipinski definition) is 3. The van der Waals surface area contributed by atoms with Crippen LogP contribution in [0.5, 0.6) is 5.75 Å². The van der Waals surface area contributed by atoms with Crippen molar-refractivity contribution in [1.82, 2.24) is 10.2 Å². The molecule has 1 atom stereocenters. The first kappa shape index (κ1) is 23.5. The Morgan fingerprint density at radius 3 is 2.17 bits per heavy atom. The molecular weight excluding hydrogens is 402 g/mol. The number of ether oxygens (including phenoxy) is 1. The maximum absolute atomic E-state index is 13.4. The average Bonchev–Trinajstić information content (AvgIpc) is 2.41. The molecule has 1 saturated heterocycles. The number of benzene rings is 1. The lowest BCUT2D eigenvalue weighted by atomic mass is 10.0. The van der Waals surface area contributed by atoms with Crippen LogP contribution in [0.4, 0.5) is 22.0 Å². The number of nitrogens with zero attached hydrogens (tertiary/aromatic N) is 1. The van der Waals surface area contributed by atoms with Crippen molar-refractivity contribution >= 4 is 36.4 Å². The maximum Gasteiger partial charge on any atom is 0.573 e. The molecule has 1 aliphatic rings. The van der Waals surface area contributed by atoms with Crippen LogP contribution < -0.4 is 10.1 Å². The van der Waals surface area contributed by atoms with E-state index in [0.717, 1.165) is 12.1 Å². The van der Waals surface area contributed by atoms with Gasteiger partial charge in [0.1, 0.15) is 5.75 Å². The third kappa shape index (κ3) is 6.40. The van der Waals surface area contributed by atoms with Gasteiger partial charge in [-0.2, -0.15) is 0 Å². The number of nitrogens with one attached hydrogen (secondary N) is 1. The molecule has 2 rings (SSSR count). The number of piperazine rings is 1. The molecule has 11 heteroatoms. The van der Waals surface area contributed by atoms with Crippen molar-refractivity contribution in [3.05, 3.63) is 28.8 Å². The first-order valence-corrected chi connectivity index (χ1v) is 6.94. The summed E-state index contributed by atoms with van der Waals surface area (Å²) in [6, 6.07) is 2.04. The SMILES string of the molecule is Cl.Cl.FC(F)[C@H](c1ccc(OC(F)(F)F)c(Cl)c1)N1CCNCC1. The first-order valence-electron chi connectivity index (χ1n) is 6.56. The molecule has 0 aliphatic carbocycles. The van der Waals surface area contributed by atoms with Gasteiger partial charge < -0.3 is 10.1 Å². The molecule has 1 heterocycles. The Hall–Kier alpha value is -0.540. The zero-order chi connectivity index (χ0) is 16.3. The predicted molar refractivity (Wildman–Crippen MR) is 85.8 cm³/mol. The van der Waals surface area contributed by atoms with E-state index in [1.54, 1.807) is 4.90 Å². The van der Waals surface area contributed by atoms with Gasteiger partial charge >= 0.3 is 6.36 Å². The van der Waals surface area contributed by atoms with Crippen molar-refractivity contribution in [2.24, 2.45) is 0 Å². The minimum Gasteiger partial charge on any atom is -0.404 e. The summed E-state index contributed by atoms with van der Waals surface area (Å²) in [4.78, 5) is 1.58. The molecular formula is C13H16Cl3F5N2O. The van der Waals surface area contributed by atoms with Gasteiger partial charge in [-0.1, -0.05) is 17.7 Å². The maximum atomic E-state index is 13.4. The van der Waals surface area contributed by atoms with Crippen molar-refractivity contribution in [3.63, 3.8) is 0 Å². The second-order valence-corrected chi connectivity index (χ2v) is 5.21. The quantitative estimate of drug-likeness (QED) is 0.740. The topological polar surface area (TPSA) is 24.5 Å². The fourth-order valence-corrected chi connectivity index (χ4v) is 2.61. The number of hydrogen-bond donors (Lipinski definition) is 1. The molecule has 1 fully saturated rings. The molecule has 1 aromatic carbocycles. The van der Waals surface area contributed by atoms with Crippen LogP contribution in [0.25, 0.3) is 0 Å². The molecule has 140 valence electrons. The monoisotopic (exact) mass is 416 g/mol. The molecule has 0 radical (unpaired) electrons. The highest BCUT2D eigenvalue weighted by molar-refractivity contribution is 6.32. The summed E-state index contributed by atoms with van der Waals surface area (Å²) in [7, 11) is 0. The third-order valence-corrected chi connectivity index (χ3v) is 3.60. The Morgan fingerprint density at radius 1 is 1.12 bits per heavy atom. The van der Waals surface area contributed by atoms with Gasteiger partial charge in [0, 0.05) is 26.2 Å². The summed E-state index contributed by atoms with van der Waals surface area (Å²) < 4.78 is 67.0. The smallest absolute Gasteiger partial charge is 0.404 e. The molecule has 0 amide bonds. The Morgan fingerprint density at radius 2 is 1.71 bits per heavy atom. The highest BCUT2D eigenvalue weighted by Gasteiger charge is 2.34. The molecule has 0 spiro atoms. The largest absolute Gasteiger partial charge is 0.573 e. The van der Waals surface area contributed by atoms with Crippen molar-refractivity contribution in [3.8, 4) is 5.75 Å². The average molecular weight is 418 g/mol. The van der Waals surface area contributed by atoms with E-state index >= 15 is 0 Å². The van der Waals surface area contributed by atoms with E-state index in [2.05, 4.69) is 10.1 Å². The zero-order valence-electron chi connectivity index (χ0n) is 12.2. The van der Waals surface area contributed by atoms with Gasteiger partial charge in [-0.05, 0) is 17.7 Å². The molecule has 1 aromatic rings. The Bertz CT molecular complexity index is 513. The van der Waals surface area contributed by atoms with Crippen LogP contribution >= 0.6 is 36.4 Å². The third-order valence-electron chi connectivity index (χ3n) is 3.31. The number of rotatable bonds is 4. The minimum absolute atomic E-state index is 0. The molecule has 1 N–H and O–H groups in total. The van der Waals surface area contributed by atoms with Crippen molar-refractivity contribution < 1.29 is 26.7 Å². The van der Waals surface area contributed by atoms with Gasteiger partial charge in [0.25, 0.3) is 6.43 Å². The van der Waals surface area contributed by atoms with Crippen LogP contribution in [-0.4, -0.2) is 43.9 Å². The standard InChI is InChI=1S/C13H14ClF5N2O.2ClH/c14-9-7-8(1-2-10(9)22-13(17,18)19)11(12(15)16)21-5-3-20-4-6-21;;/h1-2,7,11-12,20H,3-6H2;2*1H/t11-;;/m0../s1. The lowest BCUT2D eigenvalue weighted by Gasteiger charge is -2.34. The lowest BCUT2D eigenvalue weighted by molar-refractivity contribution is -0.274. The predicted octanol–water partition coefficient (Wildman–Crippen LogP) is 4.29. The van der Waals surface area contributed by atoms with Gasteiger partial charge in [-0.15, -0.1) is 38.0 Å². The summed E-state index contributed by atoms with van der Waals surface area (Å²) >= 11 is 5.72. The highest BCUT2D eigenvalue weighted by atomic mass is 35.5. The van der Waals surface area contributed by atoms with Crippen LogP contribution in [0.3, 0.4) is 0 Å². The second-order valence-electron chi connectivity index (χ2n) is 4.80. The molecule has 1 aliphatic heterocycles. The number of alkyl halides is 5. The van der Waals surface area contributed by atoms with Gasteiger partial charge in [-0.3, -0.25) is 4.90 Å². The summed E-state index contributed by atoms with van der Waals surface area (Å²) in [5, 5.41) is 2.70. The minimum atomic E-state index is -4.88. The molecule has 0 aromatic heterocycles. The Kier molecular flexibility index (Phi) is 9.60. The van der Waals surface area contributed by atoms with Crippen molar-refractivity contribution in [2.75, 3.05) is 26.2 Å². The van der Waals surface area contributed by atoms with Gasteiger partial charge in [0.2, 0.25) is 0 Å². The summed E-state index contributed by atoms with van der Waals surface area (Å²) in [6.45, 7) is 2.00. The summed E-state index contributed by atoms with van der Waals surface area (Å²) in [5.41, 5.74) is 0.163. The van der Waals surface area contributed by atoms with Crippen LogP contribution in [0, 0.1) is 0 Å². The molecule has 3 nitrogen and oxygen atoms in total. The summed E-state index contributed by atoms with van der Waals surface area (Å²) in [5.74, 6) is -0.605.